The van der Waals surface area contributed by atoms with Gasteiger partial charge in [0.15, 0.2) is 0 Å². The van der Waals surface area contributed by atoms with Gasteiger partial charge in [0.1, 0.15) is 0 Å². The third kappa shape index (κ3) is 2.22. The molecule has 2 heterocycles. The molecule has 2 unspecified atom stereocenters. The van der Waals surface area contributed by atoms with Crippen LogP contribution in [0.3, 0.4) is 0 Å². The Hall–Kier alpha value is -0.450. The Labute approximate surface area is 113 Å². The van der Waals surface area contributed by atoms with Crippen LogP contribution in [0.4, 0.5) is 0 Å². The monoisotopic (exact) mass is 266 g/mol. The van der Waals surface area contributed by atoms with E-state index in [-0.39, 0.29) is 11.6 Å². The molecule has 2 fully saturated rings. The van der Waals surface area contributed by atoms with E-state index in [9.17, 15) is 0 Å². The van der Waals surface area contributed by atoms with Crippen molar-refractivity contribution in [2.45, 2.75) is 51.2 Å². The van der Waals surface area contributed by atoms with E-state index in [1.165, 1.54) is 24.4 Å². The quantitative estimate of drug-likeness (QED) is 0.848. The first-order valence-electron chi connectivity index (χ1n) is 6.89. The predicted molar refractivity (Wildman–Crippen MR) is 73.8 cm³/mol. The number of hydrogen-bond acceptors (Lipinski definition) is 4. The zero-order chi connectivity index (χ0) is 12.6. The van der Waals surface area contributed by atoms with Crippen molar-refractivity contribution in [3.05, 3.63) is 17.1 Å². The van der Waals surface area contributed by atoms with Gasteiger partial charge in [0.05, 0.1) is 23.9 Å². The second kappa shape index (κ2) is 4.58. The van der Waals surface area contributed by atoms with E-state index in [4.69, 9.17) is 4.74 Å². The van der Waals surface area contributed by atoms with Crippen LogP contribution < -0.4 is 5.32 Å². The summed E-state index contributed by atoms with van der Waals surface area (Å²) in [7, 11) is 0. The zero-order valence-electron chi connectivity index (χ0n) is 11.2. The van der Waals surface area contributed by atoms with Crippen LogP contribution in [0.15, 0.2) is 11.4 Å². The first-order chi connectivity index (χ1) is 8.61. The van der Waals surface area contributed by atoms with Crippen LogP contribution in [-0.4, -0.2) is 23.1 Å². The van der Waals surface area contributed by atoms with Crippen LogP contribution in [0.25, 0.3) is 0 Å². The largest absolute Gasteiger partial charge is 0.372 e. The predicted octanol–water partition coefficient (Wildman–Crippen LogP) is 3.14. The van der Waals surface area contributed by atoms with Gasteiger partial charge in [-0.2, -0.15) is 4.37 Å². The van der Waals surface area contributed by atoms with Gasteiger partial charge in [0.25, 0.3) is 0 Å². The van der Waals surface area contributed by atoms with E-state index < -0.39 is 0 Å². The molecule has 2 atom stereocenters. The second-order valence-corrected chi connectivity index (χ2v) is 7.08. The number of nitrogens with zero attached hydrogens (tertiary/aromatic N) is 1. The molecule has 0 radical (unpaired) electrons. The molecule has 1 N–H and O–H groups in total. The molecule has 1 spiro atoms. The minimum Gasteiger partial charge on any atom is -0.372 e. The molecule has 0 amide bonds. The molecule has 0 bridgehead atoms. The van der Waals surface area contributed by atoms with Crippen molar-refractivity contribution in [3.8, 4) is 0 Å². The van der Waals surface area contributed by atoms with Crippen molar-refractivity contribution in [2.75, 3.05) is 13.2 Å². The summed E-state index contributed by atoms with van der Waals surface area (Å²) >= 11 is 1.53. The zero-order valence-corrected chi connectivity index (χ0v) is 12.1. The topological polar surface area (TPSA) is 34.1 Å². The Balaban J connectivity index is 1.91. The highest BCUT2D eigenvalue weighted by Gasteiger charge is 2.49. The maximum absolute atomic E-state index is 6.28. The number of morpholine rings is 1. The maximum Gasteiger partial charge on any atom is 0.0897 e. The minimum absolute atomic E-state index is 0.0337. The van der Waals surface area contributed by atoms with E-state index in [2.05, 4.69) is 35.0 Å². The van der Waals surface area contributed by atoms with Crippen LogP contribution in [0.1, 0.15) is 51.3 Å². The molecular weight excluding hydrogens is 244 g/mol. The normalized spacial score (nSPS) is 35.8. The summed E-state index contributed by atoms with van der Waals surface area (Å²) in [5, 5.41) is 5.70. The number of rotatable bonds is 1. The summed E-state index contributed by atoms with van der Waals surface area (Å²) < 4.78 is 10.8. The first-order valence-corrected chi connectivity index (χ1v) is 7.73. The summed E-state index contributed by atoms with van der Waals surface area (Å²) in [6.45, 7) is 6.50. The Kier molecular flexibility index (Phi) is 3.20. The molecule has 1 aromatic rings. The van der Waals surface area contributed by atoms with Crippen molar-refractivity contribution in [3.63, 3.8) is 0 Å². The Morgan fingerprint density at radius 1 is 1.44 bits per heavy atom. The van der Waals surface area contributed by atoms with E-state index >= 15 is 0 Å². The SMILES string of the molecule is CC1(C)CCCC2(C1)OCCNC2c1ccsn1. The van der Waals surface area contributed by atoms with Gasteiger partial charge < -0.3 is 10.1 Å². The summed E-state index contributed by atoms with van der Waals surface area (Å²) in [4.78, 5) is 0. The van der Waals surface area contributed by atoms with E-state index in [0.717, 1.165) is 31.7 Å². The lowest BCUT2D eigenvalue weighted by atomic mass is 9.66. The molecule has 1 aliphatic heterocycles. The average molecular weight is 266 g/mol. The Morgan fingerprint density at radius 2 is 2.33 bits per heavy atom. The van der Waals surface area contributed by atoms with E-state index in [0.29, 0.717) is 5.41 Å². The lowest BCUT2D eigenvalue weighted by molar-refractivity contribution is -0.142. The maximum atomic E-state index is 6.28. The molecule has 18 heavy (non-hydrogen) atoms. The van der Waals surface area contributed by atoms with Crippen LogP contribution in [0.5, 0.6) is 0 Å². The van der Waals surface area contributed by atoms with E-state index in [1.54, 1.807) is 0 Å². The third-order valence-electron chi connectivity index (χ3n) is 4.35. The van der Waals surface area contributed by atoms with Crippen LogP contribution >= 0.6 is 11.5 Å². The summed E-state index contributed by atoms with van der Waals surface area (Å²) in [5.41, 5.74) is 1.51. The van der Waals surface area contributed by atoms with Gasteiger partial charge in [0.2, 0.25) is 0 Å². The molecule has 100 valence electrons. The average Bonchev–Trinajstić information content (AvgIpc) is 2.81. The molecule has 1 aliphatic carbocycles. The fourth-order valence-electron chi connectivity index (χ4n) is 3.69. The number of nitrogens with one attached hydrogen (secondary N) is 1. The van der Waals surface area contributed by atoms with Gasteiger partial charge in [-0.25, -0.2) is 0 Å². The molecule has 0 aromatic carbocycles. The van der Waals surface area contributed by atoms with Crippen LogP contribution in [-0.2, 0) is 4.74 Å². The Bertz CT molecular complexity index is 400. The number of ether oxygens (including phenoxy) is 1. The molecule has 2 aliphatic rings. The first kappa shape index (κ1) is 12.6. The third-order valence-corrected chi connectivity index (χ3v) is 4.93. The fourth-order valence-corrected chi connectivity index (χ4v) is 4.24. The molecule has 3 nitrogen and oxygen atoms in total. The lowest BCUT2D eigenvalue weighted by Crippen LogP contribution is -2.55. The fraction of sp³-hybridized carbons (Fsp3) is 0.786. The molecular formula is C14H22N2OS. The van der Waals surface area contributed by atoms with Crippen molar-refractivity contribution >= 4 is 11.5 Å². The molecule has 4 heteroatoms. The van der Waals surface area contributed by atoms with E-state index in [1.807, 2.05) is 0 Å². The molecule has 1 saturated heterocycles. The van der Waals surface area contributed by atoms with Gasteiger partial charge in [-0.1, -0.05) is 13.8 Å². The van der Waals surface area contributed by atoms with Crippen LogP contribution in [0, 0.1) is 5.41 Å². The summed E-state index contributed by atoms with van der Waals surface area (Å²) in [5.74, 6) is 0. The highest BCUT2D eigenvalue weighted by atomic mass is 32.1. The Morgan fingerprint density at radius 3 is 3.06 bits per heavy atom. The molecule has 1 aromatic heterocycles. The highest BCUT2D eigenvalue weighted by Crippen LogP contribution is 2.49. The lowest BCUT2D eigenvalue weighted by Gasteiger charge is -2.51. The standard InChI is InChI=1S/C14H22N2OS/c1-13(2)5-3-6-14(10-13)12(15-7-8-17-14)11-4-9-18-16-11/h4,9,12,15H,3,5-8,10H2,1-2H3. The minimum atomic E-state index is -0.0337. The number of hydrogen-bond donors (Lipinski definition) is 1. The highest BCUT2D eigenvalue weighted by molar-refractivity contribution is 7.03. The second-order valence-electron chi connectivity index (χ2n) is 6.42. The van der Waals surface area contributed by atoms with Gasteiger partial charge >= 0.3 is 0 Å². The van der Waals surface area contributed by atoms with Gasteiger partial charge in [-0.15, -0.1) is 0 Å². The van der Waals surface area contributed by atoms with Crippen molar-refractivity contribution in [1.82, 2.24) is 9.69 Å². The number of aromatic nitrogens is 1. The molecule has 3 rings (SSSR count). The van der Waals surface area contributed by atoms with Crippen molar-refractivity contribution in [1.29, 1.82) is 0 Å². The van der Waals surface area contributed by atoms with Crippen molar-refractivity contribution < 1.29 is 4.74 Å². The molecule has 1 saturated carbocycles. The van der Waals surface area contributed by atoms with Gasteiger partial charge in [-0.3, -0.25) is 0 Å². The van der Waals surface area contributed by atoms with Gasteiger partial charge in [-0.05, 0) is 48.7 Å². The van der Waals surface area contributed by atoms with Gasteiger partial charge in [0, 0.05) is 11.9 Å². The smallest absolute Gasteiger partial charge is 0.0897 e. The van der Waals surface area contributed by atoms with Crippen molar-refractivity contribution in [2.24, 2.45) is 5.41 Å². The summed E-state index contributed by atoms with van der Waals surface area (Å²) in [6, 6.07) is 2.41. The summed E-state index contributed by atoms with van der Waals surface area (Å²) in [6.07, 6.45) is 4.86. The van der Waals surface area contributed by atoms with Crippen LogP contribution in [0.2, 0.25) is 0 Å².